The average Bonchev–Trinajstić information content (AvgIpc) is 2.70. The van der Waals surface area contributed by atoms with Crippen LogP contribution in [0, 0.1) is 0 Å². The number of amides is 2. The van der Waals surface area contributed by atoms with Crippen molar-refractivity contribution < 1.29 is 19.1 Å². The fourth-order valence-corrected chi connectivity index (χ4v) is 2.65. The summed E-state index contributed by atoms with van der Waals surface area (Å²) in [6.07, 6.45) is 10.0. The molecule has 0 radical (unpaired) electrons. The molecule has 1 N–H and O–H groups in total. The van der Waals surface area contributed by atoms with E-state index in [-0.39, 0.29) is 6.09 Å². The molecule has 0 saturated carbocycles. The number of hydrogen-bond acceptors (Lipinski definition) is 5. The van der Waals surface area contributed by atoms with Crippen LogP contribution in [0.5, 0.6) is 0 Å². The van der Waals surface area contributed by atoms with Gasteiger partial charge in [-0.1, -0.05) is 24.8 Å². The van der Waals surface area contributed by atoms with Crippen LogP contribution in [0.25, 0.3) is 5.57 Å². The van der Waals surface area contributed by atoms with E-state index in [1.165, 1.54) is 6.08 Å². The minimum absolute atomic E-state index is 0.335. The molecule has 1 aromatic heterocycles. The van der Waals surface area contributed by atoms with Crippen LogP contribution in [-0.4, -0.2) is 40.8 Å². The van der Waals surface area contributed by atoms with E-state index in [0.717, 1.165) is 17.7 Å². The van der Waals surface area contributed by atoms with Crippen molar-refractivity contribution in [1.29, 1.82) is 0 Å². The van der Waals surface area contributed by atoms with Crippen LogP contribution in [0.15, 0.2) is 61.0 Å². The summed E-state index contributed by atoms with van der Waals surface area (Å²) in [7, 11) is 0. The van der Waals surface area contributed by atoms with Gasteiger partial charge < -0.3 is 14.4 Å². The molecule has 0 aliphatic carbocycles. The summed E-state index contributed by atoms with van der Waals surface area (Å²) >= 11 is 0. The summed E-state index contributed by atoms with van der Waals surface area (Å²) in [5, 5.41) is 2.63. The van der Waals surface area contributed by atoms with E-state index in [0.29, 0.717) is 24.5 Å². The van der Waals surface area contributed by atoms with Gasteiger partial charge in [0.15, 0.2) is 0 Å². The van der Waals surface area contributed by atoms with Gasteiger partial charge in [-0.25, -0.2) is 9.59 Å². The fourth-order valence-electron chi connectivity index (χ4n) is 2.65. The summed E-state index contributed by atoms with van der Waals surface area (Å²) < 4.78 is 10.6. The largest absolute Gasteiger partial charge is 0.444 e. The Balaban J connectivity index is 1.98. The molecule has 0 bridgehead atoms. The molecule has 0 aromatic carbocycles. The van der Waals surface area contributed by atoms with E-state index in [2.05, 4.69) is 23.0 Å². The highest BCUT2D eigenvalue weighted by Gasteiger charge is 2.25. The number of rotatable bonds is 5. The van der Waals surface area contributed by atoms with Crippen molar-refractivity contribution in [3.05, 3.63) is 66.7 Å². The highest BCUT2D eigenvalue weighted by atomic mass is 16.6. The lowest BCUT2D eigenvalue weighted by Gasteiger charge is -2.30. The van der Waals surface area contributed by atoms with E-state index in [1.54, 1.807) is 35.4 Å². The van der Waals surface area contributed by atoms with Gasteiger partial charge in [-0.05, 0) is 64.0 Å². The van der Waals surface area contributed by atoms with Crippen LogP contribution >= 0.6 is 0 Å². The summed E-state index contributed by atoms with van der Waals surface area (Å²) in [6, 6.07) is 3.53. The van der Waals surface area contributed by atoms with E-state index in [1.807, 2.05) is 33.8 Å². The van der Waals surface area contributed by atoms with Crippen LogP contribution in [0.2, 0.25) is 0 Å². The number of anilines is 1. The zero-order valence-corrected chi connectivity index (χ0v) is 18.0. The van der Waals surface area contributed by atoms with Gasteiger partial charge in [-0.15, -0.1) is 0 Å². The molecule has 0 fully saturated rings. The van der Waals surface area contributed by atoms with Crippen molar-refractivity contribution in [3.63, 3.8) is 0 Å². The Morgan fingerprint density at radius 1 is 1.30 bits per heavy atom. The number of nitrogens with one attached hydrogen (secondary N) is 1. The molecule has 0 saturated heterocycles. The third kappa shape index (κ3) is 7.24. The Kier molecular flexibility index (Phi) is 7.98. The second-order valence-electron chi connectivity index (χ2n) is 7.67. The van der Waals surface area contributed by atoms with E-state index in [4.69, 9.17) is 9.47 Å². The quantitative estimate of drug-likeness (QED) is 0.525. The average molecular weight is 412 g/mol. The lowest BCUT2D eigenvalue weighted by molar-refractivity contribution is 0.0273. The maximum atomic E-state index is 12.3. The molecule has 2 amide bonds. The van der Waals surface area contributed by atoms with Crippen LogP contribution in [0.3, 0.4) is 0 Å². The number of carbonyl (C=O) groups is 2. The van der Waals surface area contributed by atoms with Gasteiger partial charge in [-0.3, -0.25) is 10.3 Å². The minimum Gasteiger partial charge on any atom is -0.444 e. The lowest BCUT2D eigenvalue weighted by atomic mass is 10.1. The monoisotopic (exact) mass is 411 g/mol. The molecule has 30 heavy (non-hydrogen) atoms. The first kappa shape index (κ1) is 22.9. The number of ether oxygens (including phenoxy) is 2. The van der Waals surface area contributed by atoms with Crippen LogP contribution in [-0.2, 0) is 9.47 Å². The molecule has 0 atom stereocenters. The molecule has 160 valence electrons. The van der Waals surface area contributed by atoms with Crippen molar-refractivity contribution in [3.8, 4) is 0 Å². The first-order valence-corrected chi connectivity index (χ1v) is 9.79. The molecule has 2 heterocycles. The smallest absolute Gasteiger partial charge is 0.417 e. The third-order valence-electron chi connectivity index (χ3n) is 4.01. The van der Waals surface area contributed by atoms with Crippen LogP contribution in [0.1, 0.15) is 39.8 Å². The zero-order chi connectivity index (χ0) is 22.1. The molecule has 1 aromatic rings. The number of allylic oxidation sites excluding steroid dienone is 4. The second-order valence-corrected chi connectivity index (χ2v) is 7.67. The molecule has 2 rings (SSSR count). The Bertz CT molecular complexity index is 861. The molecular formula is C23H29N3O4. The standard InChI is InChI=1S/C23H29N3O4/c1-6-8-11-19(7-2)29-21(27)25-18-12-13-20(24-15-18)17-10-9-14-26(16-17)22(28)30-23(3,4)5/h6-8,10-13,15H,2,9,14,16H2,1,3-5H3,(H,25,27)/b8-6-,19-11+. The van der Waals surface area contributed by atoms with Gasteiger partial charge >= 0.3 is 12.2 Å². The number of aromatic nitrogens is 1. The zero-order valence-electron chi connectivity index (χ0n) is 18.0. The SMILES string of the molecule is C=C/C(=C\C=C/C)OC(=O)Nc1ccc(C2=CCCN(C(=O)OC(C)(C)C)C2)nc1. The van der Waals surface area contributed by atoms with Crippen LogP contribution < -0.4 is 5.32 Å². The summed E-state index contributed by atoms with van der Waals surface area (Å²) in [6.45, 7) is 12.0. The summed E-state index contributed by atoms with van der Waals surface area (Å²) in [5.74, 6) is 0.338. The Morgan fingerprint density at radius 2 is 2.07 bits per heavy atom. The number of hydrogen-bond donors (Lipinski definition) is 1. The predicted molar refractivity (Wildman–Crippen MR) is 118 cm³/mol. The van der Waals surface area contributed by atoms with Gasteiger partial charge in [-0.2, -0.15) is 0 Å². The Labute approximate surface area is 177 Å². The molecule has 0 spiro atoms. The lowest BCUT2D eigenvalue weighted by Crippen LogP contribution is -2.39. The molecule has 1 aliphatic heterocycles. The molecule has 0 unspecified atom stereocenters. The van der Waals surface area contributed by atoms with Crippen LogP contribution in [0.4, 0.5) is 15.3 Å². The third-order valence-corrected chi connectivity index (χ3v) is 4.01. The van der Waals surface area contributed by atoms with E-state index in [9.17, 15) is 9.59 Å². The predicted octanol–water partition coefficient (Wildman–Crippen LogP) is 5.30. The molecule has 1 aliphatic rings. The summed E-state index contributed by atoms with van der Waals surface area (Å²) in [5.41, 5.74) is 1.64. The number of nitrogens with zero attached hydrogens (tertiary/aromatic N) is 2. The molecule has 7 heteroatoms. The van der Waals surface area contributed by atoms with Gasteiger partial charge in [0, 0.05) is 6.54 Å². The maximum Gasteiger partial charge on any atom is 0.417 e. The van der Waals surface area contributed by atoms with Crippen molar-refractivity contribution in [2.75, 3.05) is 18.4 Å². The van der Waals surface area contributed by atoms with Crippen molar-refractivity contribution >= 4 is 23.4 Å². The summed E-state index contributed by atoms with van der Waals surface area (Å²) in [4.78, 5) is 30.4. The topological polar surface area (TPSA) is 80.8 Å². The first-order valence-electron chi connectivity index (χ1n) is 9.79. The first-order chi connectivity index (χ1) is 14.2. The van der Waals surface area contributed by atoms with Gasteiger partial charge in [0.05, 0.1) is 24.1 Å². The van der Waals surface area contributed by atoms with Crippen molar-refractivity contribution in [1.82, 2.24) is 9.88 Å². The highest BCUT2D eigenvalue weighted by Crippen LogP contribution is 2.22. The number of pyridine rings is 1. The van der Waals surface area contributed by atoms with Crippen molar-refractivity contribution in [2.24, 2.45) is 0 Å². The van der Waals surface area contributed by atoms with Gasteiger partial charge in [0.2, 0.25) is 0 Å². The molecular weight excluding hydrogens is 382 g/mol. The Hall–Kier alpha value is -3.35. The molecule has 7 nitrogen and oxygen atoms in total. The van der Waals surface area contributed by atoms with Crippen molar-refractivity contribution in [2.45, 2.75) is 39.7 Å². The highest BCUT2D eigenvalue weighted by molar-refractivity contribution is 5.85. The Morgan fingerprint density at radius 3 is 2.67 bits per heavy atom. The van der Waals surface area contributed by atoms with Gasteiger partial charge in [0.1, 0.15) is 11.4 Å². The van der Waals surface area contributed by atoms with Gasteiger partial charge in [0.25, 0.3) is 0 Å². The second kappa shape index (κ2) is 10.4. The normalized spacial score (nSPS) is 14.9. The number of carbonyl (C=O) groups excluding carboxylic acids is 2. The fraction of sp³-hybridized carbons (Fsp3) is 0.348. The maximum absolute atomic E-state index is 12.3. The van der Waals surface area contributed by atoms with E-state index >= 15 is 0 Å². The van der Waals surface area contributed by atoms with E-state index < -0.39 is 11.7 Å². The minimum atomic E-state index is -0.631.